The number of aromatic nitrogens is 4. The number of pyridine rings is 1. The molecular formula is C25H24FN7O2. The molecule has 0 amide bonds. The van der Waals surface area contributed by atoms with Crippen LogP contribution in [0, 0.1) is 12.4 Å². The molecule has 0 aliphatic carbocycles. The SMILES string of the molecule is [C-]#[N+]c1ccc2c(n1)c(N1C[C@@H](C)N(C(c3ccc(F)cc3)c3ccon3)C[C@@H]1C)nc(=O)n2C. The van der Waals surface area contributed by atoms with Crippen molar-refractivity contribution in [2.45, 2.75) is 32.0 Å². The van der Waals surface area contributed by atoms with Crippen LogP contribution in [0.4, 0.5) is 16.0 Å². The van der Waals surface area contributed by atoms with Gasteiger partial charge < -0.3 is 14.3 Å². The first-order chi connectivity index (χ1) is 16.9. The number of benzene rings is 1. The van der Waals surface area contributed by atoms with Gasteiger partial charge in [0.2, 0.25) is 5.52 Å². The van der Waals surface area contributed by atoms with E-state index < -0.39 is 0 Å². The lowest BCUT2D eigenvalue weighted by Gasteiger charge is -2.47. The van der Waals surface area contributed by atoms with Crippen LogP contribution in [-0.2, 0) is 7.05 Å². The lowest BCUT2D eigenvalue weighted by atomic mass is 9.97. The highest BCUT2D eigenvalue weighted by atomic mass is 19.1. The van der Waals surface area contributed by atoms with Gasteiger partial charge in [-0.15, -0.1) is 4.98 Å². The number of piperazine rings is 1. The van der Waals surface area contributed by atoms with Crippen LogP contribution in [-0.4, -0.2) is 49.8 Å². The van der Waals surface area contributed by atoms with Crippen molar-refractivity contribution < 1.29 is 8.91 Å². The summed E-state index contributed by atoms with van der Waals surface area (Å²) in [5.74, 6) is 0.432. The Morgan fingerprint density at radius 3 is 2.54 bits per heavy atom. The van der Waals surface area contributed by atoms with Crippen molar-refractivity contribution >= 4 is 22.7 Å². The normalized spacial score (nSPS) is 19.6. The molecule has 1 aliphatic rings. The fraction of sp³-hybridized carbons (Fsp3) is 0.320. The molecule has 4 aromatic rings. The third-order valence-corrected chi connectivity index (χ3v) is 6.60. The van der Waals surface area contributed by atoms with Crippen LogP contribution in [0.25, 0.3) is 15.9 Å². The van der Waals surface area contributed by atoms with Gasteiger partial charge in [-0.3, -0.25) is 9.47 Å². The summed E-state index contributed by atoms with van der Waals surface area (Å²) in [4.78, 5) is 29.3. The molecule has 1 aromatic carbocycles. The molecule has 10 heteroatoms. The van der Waals surface area contributed by atoms with E-state index in [1.54, 1.807) is 31.3 Å². The van der Waals surface area contributed by atoms with Crippen molar-refractivity contribution in [3.63, 3.8) is 0 Å². The van der Waals surface area contributed by atoms with Crippen LogP contribution in [0.15, 0.2) is 58.0 Å². The van der Waals surface area contributed by atoms with Crippen LogP contribution in [0.3, 0.4) is 0 Å². The molecule has 0 radical (unpaired) electrons. The summed E-state index contributed by atoms with van der Waals surface area (Å²) in [5.41, 5.74) is 2.43. The van der Waals surface area contributed by atoms with Gasteiger partial charge in [0.1, 0.15) is 17.8 Å². The predicted molar refractivity (Wildman–Crippen MR) is 129 cm³/mol. The van der Waals surface area contributed by atoms with Crippen molar-refractivity contribution in [1.29, 1.82) is 0 Å². The molecule has 1 aliphatic heterocycles. The number of anilines is 1. The molecule has 4 heterocycles. The smallest absolute Gasteiger partial charge is 0.350 e. The van der Waals surface area contributed by atoms with Gasteiger partial charge in [0.05, 0.1) is 11.6 Å². The molecule has 0 spiro atoms. The molecule has 1 unspecified atom stereocenters. The maximum Gasteiger partial charge on any atom is 0.350 e. The van der Waals surface area contributed by atoms with Gasteiger partial charge in [0.15, 0.2) is 5.82 Å². The van der Waals surface area contributed by atoms with Crippen LogP contribution in [0.5, 0.6) is 0 Å². The van der Waals surface area contributed by atoms with E-state index in [4.69, 9.17) is 11.1 Å². The zero-order chi connectivity index (χ0) is 24.7. The number of hydrogen-bond acceptors (Lipinski definition) is 7. The van der Waals surface area contributed by atoms with E-state index in [9.17, 15) is 9.18 Å². The van der Waals surface area contributed by atoms with Gasteiger partial charge in [0, 0.05) is 38.3 Å². The summed E-state index contributed by atoms with van der Waals surface area (Å²) in [6.45, 7) is 12.7. The highest BCUT2D eigenvalue weighted by molar-refractivity contribution is 5.87. The van der Waals surface area contributed by atoms with Crippen molar-refractivity contribution in [2.75, 3.05) is 18.0 Å². The summed E-state index contributed by atoms with van der Waals surface area (Å²) in [6.07, 6.45) is 1.53. The first-order valence-electron chi connectivity index (χ1n) is 11.3. The number of rotatable bonds is 4. The van der Waals surface area contributed by atoms with E-state index in [1.165, 1.54) is 23.0 Å². The van der Waals surface area contributed by atoms with E-state index in [0.717, 1.165) is 11.3 Å². The number of hydrogen-bond donors (Lipinski definition) is 0. The second-order valence-electron chi connectivity index (χ2n) is 8.85. The second kappa shape index (κ2) is 8.92. The molecule has 1 fully saturated rings. The zero-order valence-corrected chi connectivity index (χ0v) is 19.6. The van der Waals surface area contributed by atoms with Gasteiger partial charge in [-0.05, 0) is 43.7 Å². The monoisotopic (exact) mass is 473 g/mol. The maximum atomic E-state index is 13.6. The molecule has 9 nitrogen and oxygen atoms in total. The first-order valence-corrected chi connectivity index (χ1v) is 11.3. The standard InChI is InChI=1S/C25H24FN7O2/c1-15-14-33(24-22-20(31(4)25(34)29-24)9-10-21(27-3)28-22)16(2)13-32(15)23(19-11-12-35-30-19)17-5-7-18(26)8-6-17/h5-12,15-16,23H,13-14H2,1-2,4H3/t15-,16+,23?/m1/s1. The summed E-state index contributed by atoms with van der Waals surface area (Å²) in [5, 5.41) is 4.19. The number of fused-ring (bicyclic) bond motifs is 1. The summed E-state index contributed by atoms with van der Waals surface area (Å²) >= 11 is 0. The summed E-state index contributed by atoms with van der Waals surface area (Å²) in [6, 6.07) is 11.3. The molecule has 5 rings (SSSR count). The molecule has 0 N–H and O–H groups in total. The van der Waals surface area contributed by atoms with Crippen molar-refractivity contribution in [1.82, 2.24) is 24.6 Å². The Labute approximate surface area is 201 Å². The molecule has 0 bridgehead atoms. The van der Waals surface area contributed by atoms with Crippen LogP contribution in [0.2, 0.25) is 0 Å². The first kappa shape index (κ1) is 22.7. The topological polar surface area (TPSA) is 84.7 Å². The Morgan fingerprint density at radius 2 is 1.86 bits per heavy atom. The molecule has 0 saturated carbocycles. The van der Waals surface area contributed by atoms with Crippen molar-refractivity contribution in [2.24, 2.45) is 7.05 Å². The quantitative estimate of drug-likeness (QED) is 0.418. The largest absolute Gasteiger partial charge is 0.364 e. The third-order valence-electron chi connectivity index (χ3n) is 6.60. The lowest BCUT2D eigenvalue weighted by molar-refractivity contribution is 0.125. The second-order valence-corrected chi connectivity index (χ2v) is 8.85. The molecule has 35 heavy (non-hydrogen) atoms. The van der Waals surface area contributed by atoms with E-state index in [-0.39, 0.29) is 35.5 Å². The highest BCUT2D eigenvalue weighted by Gasteiger charge is 2.37. The minimum atomic E-state index is -0.376. The van der Waals surface area contributed by atoms with Gasteiger partial charge in [-0.2, -0.15) is 4.98 Å². The highest BCUT2D eigenvalue weighted by Crippen LogP contribution is 2.35. The summed E-state index contributed by atoms with van der Waals surface area (Å²) in [7, 11) is 1.65. The molecular weight excluding hydrogens is 449 g/mol. The lowest BCUT2D eigenvalue weighted by Crippen LogP contribution is -2.58. The fourth-order valence-electron chi connectivity index (χ4n) is 4.81. The molecule has 178 valence electrons. The summed E-state index contributed by atoms with van der Waals surface area (Å²) < 4.78 is 20.2. The van der Waals surface area contributed by atoms with E-state index in [2.05, 4.69) is 43.6 Å². The van der Waals surface area contributed by atoms with Gasteiger partial charge in [-0.25, -0.2) is 9.18 Å². The van der Waals surface area contributed by atoms with E-state index >= 15 is 0 Å². The number of nitrogens with zero attached hydrogens (tertiary/aromatic N) is 7. The molecule has 3 atom stereocenters. The fourth-order valence-corrected chi connectivity index (χ4v) is 4.81. The Morgan fingerprint density at radius 1 is 1.09 bits per heavy atom. The maximum absolute atomic E-state index is 13.6. The van der Waals surface area contributed by atoms with Gasteiger partial charge in [-0.1, -0.05) is 23.9 Å². The van der Waals surface area contributed by atoms with E-state index in [0.29, 0.717) is 29.9 Å². The van der Waals surface area contributed by atoms with Crippen molar-refractivity contribution in [3.05, 3.63) is 87.7 Å². The molecule has 3 aromatic heterocycles. The number of halogens is 1. The Hall–Kier alpha value is -4.10. The zero-order valence-electron chi connectivity index (χ0n) is 19.6. The van der Waals surface area contributed by atoms with Crippen LogP contribution >= 0.6 is 0 Å². The minimum absolute atomic E-state index is 0.0166. The predicted octanol–water partition coefficient (Wildman–Crippen LogP) is 3.69. The van der Waals surface area contributed by atoms with Crippen LogP contribution in [0.1, 0.15) is 31.1 Å². The molecule has 1 saturated heterocycles. The van der Waals surface area contributed by atoms with Crippen LogP contribution < -0.4 is 10.6 Å². The Bertz CT molecular complexity index is 1460. The Balaban J connectivity index is 1.54. The minimum Gasteiger partial charge on any atom is -0.364 e. The average Bonchev–Trinajstić information content (AvgIpc) is 3.39. The average molecular weight is 474 g/mol. The van der Waals surface area contributed by atoms with Gasteiger partial charge >= 0.3 is 5.69 Å². The van der Waals surface area contributed by atoms with Gasteiger partial charge in [0.25, 0.3) is 5.82 Å². The van der Waals surface area contributed by atoms with Crippen molar-refractivity contribution in [3.8, 4) is 0 Å². The number of aryl methyl sites for hydroxylation is 1. The Kier molecular flexibility index (Phi) is 5.78. The third kappa shape index (κ3) is 4.04. The van der Waals surface area contributed by atoms with E-state index in [1.807, 2.05) is 6.07 Å².